The zero-order valence-corrected chi connectivity index (χ0v) is 17.5. The lowest BCUT2D eigenvalue weighted by Gasteiger charge is -2.17. The summed E-state index contributed by atoms with van der Waals surface area (Å²) in [5.41, 5.74) is 2.47. The highest BCUT2D eigenvalue weighted by atomic mass is 35.5. The molecule has 28 heavy (non-hydrogen) atoms. The molecule has 1 amide bonds. The fourth-order valence-electron chi connectivity index (χ4n) is 2.51. The summed E-state index contributed by atoms with van der Waals surface area (Å²) >= 11 is 18.4. The van der Waals surface area contributed by atoms with Crippen molar-refractivity contribution in [2.24, 2.45) is 0 Å². The number of carbonyl (C=O) groups excluding carboxylic acids is 1. The standard InChI is InChI=1S/C23H20Cl3NO/c1-3-13-27(14-4-2)23(28)12-7-18(15-17-5-8-19(24)9-6-17)21-11-10-20(25)16-22(21)26/h3-12,15-16H,1-2,13-14H2/b12-7+,18-15-. The maximum atomic E-state index is 12.5. The van der Waals surface area contributed by atoms with E-state index in [1.54, 1.807) is 47.4 Å². The molecule has 2 aromatic rings. The van der Waals surface area contributed by atoms with Gasteiger partial charge in [-0.05, 0) is 47.6 Å². The zero-order valence-electron chi connectivity index (χ0n) is 15.2. The predicted molar refractivity (Wildman–Crippen MR) is 122 cm³/mol. The maximum absolute atomic E-state index is 12.5. The number of benzene rings is 2. The van der Waals surface area contributed by atoms with Gasteiger partial charge in [0.2, 0.25) is 5.91 Å². The van der Waals surface area contributed by atoms with Gasteiger partial charge in [-0.2, -0.15) is 0 Å². The first-order chi connectivity index (χ1) is 13.4. The Bertz CT molecular complexity index is 904. The van der Waals surface area contributed by atoms with Crippen molar-refractivity contribution in [3.05, 3.63) is 106 Å². The van der Waals surface area contributed by atoms with Crippen LogP contribution in [0.5, 0.6) is 0 Å². The fraction of sp³-hybridized carbons (Fsp3) is 0.0870. The molecule has 0 radical (unpaired) electrons. The SMILES string of the molecule is C=CCN(CC=C)C(=O)/C=C/C(=C/c1ccc(Cl)cc1)c1ccc(Cl)cc1Cl. The molecular weight excluding hydrogens is 413 g/mol. The van der Waals surface area contributed by atoms with E-state index in [0.29, 0.717) is 28.2 Å². The van der Waals surface area contributed by atoms with Crippen LogP contribution in [0.1, 0.15) is 11.1 Å². The molecule has 0 aliphatic rings. The van der Waals surface area contributed by atoms with E-state index in [1.807, 2.05) is 24.3 Å². The molecule has 0 aromatic heterocycles. The minimum Gasteiger partial charge on any atom is -0.332 e. The van der Waals surface area contributed by atoms with Gasteiger partial charge in [-0.3, -0.25) is 4.79 Å². The van der Waals surface area contributed by atoms with Gasteiger partial charge in [0.25, 0.3) is 0 Å². The molecule has 0 atom stereocenters. The van der Waals surface area contributed by atoms with Crippen molar-refractivity contribution >= 4 is 52.4 Å². The number of nitrogens with zero attached hydrogens (tertiary/aromatic N) is 1. The Morgan fingerprint density at radius 1 is 0.893 bits per heavy atom. The van der Waals surface area contributed by atoms with Gasteiger partial charge in [-0.1, -0.05) is 65.2 Å². The molecule has 0 spiro atoms. The summed E-state index contributed by atoms with van der Waals surface area (Å²) in [5.74, 6) is -0.146. The first kappa shape index (κ1) is 22.0. The Labute approximate surface area is 181 Å². The minimum absolute atomic E-state index is 0.146. The maximum Gasteiger partial charge on any atom is 0.247 e. The van der Waals surface area contributed by atoms with Crippen molar-refractivity contribution in [1.29, 1.82) is 0 Å². The van der Waals surface area contributed by atoms with Crippen LogP contribution >= 0.6 is 34.8 Å². The molecule has 0 bridgehead atoms. The van der Waals surface area contributed by atoms with Gasteiger partial charge in [0.1, 0.15) is 0 Å². The molecule has 0 unspecified atom stereocenters. The van der Waals surface area contributed by atoms with E-state index < -0.39 is 0 Å². The molecule has 0 saturated heterocycles. The van der Waals surface area contributed by atoms with Gasteiger partial charge in [-0.25, -0.2) is 0 Å². The van der Waals surface area contributed by atoms with Crippen LogP contribution in [-0.2, 0) is 4.79 Å². The lowest BCUT2D eigenvalue weighted by molar-refractivity contribution is -0.125. The zero-order chi connectivity index (χ0) is 20.5. The van der Waals surface area contributed by atoms with E-state index in [2.05, 4.69) is 13.2 Å². The Morgan fingerprint density at radius 2 is 1.50 bits per heavy atom. The van der Waals surface area contributed by atoms with Crippen LogP contribution in [0.4, 0.5) is 0 Å². The molecule has 0 fully saturated rings. The van der Waals surface area contributed by atoms with Crippen molar-refractivity contribution in [2.75, 3.05) is 13.1 Å². The van der Waals surface area contributed by atoms with Gasteiger partial charge in [-0.15, -0.1) is 13.2 Å². The number of halogens is 3. The summed E-state index contributed by atoms with van der Waals surface area (Å²) in [6.07, 6.45) is 8.54. The highest BCUT2D eigenvalue weighted by Gasteiger charge is 2.09. The van der Waals surface area contributed by atoms with Crippen LogP contribution in [0.25, 0.3) is 11.6 Å². The molecule has 0 aliphatic carbocycles. The Hall–Kier alpha value is -2.26. The fourth-order valence-corrected chi connectivity index (χ4v) is 3.15. The highest BCUT2D eigenvalue weighted by Crippen LogP contribution is 2.29. The average molecular weight is 433 g/mol. The van der Waals surface area contributed by atoms with Crippen LogP contribution in [0, 0.1) is 0 Å². The summed E-state index contributed by atoms with van der Waals surface area (Å²) in [5, 5.41) is 1.69. The molecule has 2 nitrogen and oxygen atoms in total. The summed E-state index contributed by atoms with van der Waals surface area (Å²) in [6, 6.07) is 12.7. The smallest absolute Gasteiger partial charge is 0.247 e. The van der Waals surface area contributed by atoms with E-state index in [4.69, 9.17) is 34.8 Å². The lowest BCUT2D eigenvalue weighted by Crippen LogP contribution is -2.29. The number of hydrogen-bond acceptors (Lipinski definition) is 1. The van der Waals surface area contributed by atoms with Gasteiger partial charge in [0, 0.05) is 39.8 Å². The third kappa shape index (κ3) is 6.42. The summed E-state index contributed by atoms with van der Waals surface area (Å²) in [6.45, 7) is 8.25. The molecule has 144 valence electrons. The van der Waals surface area contributed by atoms with E-state index in [1.165, 1.54) is 6.08 Å². The first-order valence-electron chi connectivity index (χ1n) is 8.56. The molecule has 2 rings (SSSR count). The largest absolute Gasteiger partial charge is 0.332 e. The van der Waals surface area contributed by atoms with Gasteiger partial charge < -0.3 is 4.90 Å². The Kier molecular flexibility index (Phi) is 8.59. The van der Waals surface area contributed by atoms with E-state index in [-0.39, 0.29) is 5.91 Å². The van der Waals surface area contributed by atoms with Crippen molar-refractivity contribution in [3.63, 3.8) is 0 Å². The quantitative estimate of drug-likeness (QED) is 0.191. The van der Waals surface area contributed by atoms with Crippen molar-refractivity contribution in [2.45, 2.75) is 0 Å². The van der Waals surface area contributed by atoms with E-state index >= 15 is 0 Å². The monoisotopic (exact) mass is 431 g/mol. The molecule has 0 heterocycles. The number of allylic oxidation sites excluding steroid dienone is 2. The number of carbonyl (C=O) groups is 1. The molecule has 0 aliphatic heterocycles. The molecule has 0 saturated carbocycles. The molecular formula is C23H20Cl3NO. The predicted octanol–water partition coefficient (Wildman–Crippen LogP) is 6.94. The normalized spacial score (nSPS) is 11.5. The number of amides is 1. The topological polar surface area (TPSA) is 20.3 Å². The van der Waals surface area contributed by atoms with Crippen molar-refractivity contribution < 1.29 is 4.79 Å². The van der Waals surface area contributed by atoms with Crippen LogP contribution in [0.3, 0.4) is 0 Å². The van der Waals surface area contributed by atoms with Crippen molar-refractivity contribution in [1.82, 2.24) is 4.90 Å². The average Bonchev–Trinajstić information content (AvgIpc) is 2.66. The second-order valence-electron chi connectivity index (χ2n) is 5.93. The number of rotatable bonds is 8. The molecule has 5 heteroatoms. The van der Waals surface area contributed by atoms with Gasteiger partial charge in [0.15, 0.2) is 0 Å². The minimum atomic E-state index is -0.146. The highest BCUT2D eigenvalue weighted by molar-refractivity contribution is 6.36. The summed E-state index contributed by atoms with van der Waals surface area (Å²) in [4.78, 5) is 14.2. The summed E-state index contributed by atoms with van der Waals surface area (Å²) < 4.78 is 0. The first-order valence-corrected chi connectivity index (χ1v) is 9.69. The molecule has 0 N–H and O–H groups in total. The molecule has 2 aromatic carbocycles. The van der Waals surface area contributed by atoms with Crippen molar-refractivity contribution in [3.8, 4) is 0 Å². The van der Waals surface area contributed by atoms with Crippen LogP contribution in [0.2, 0.25) is 15.1 Å². The van der Waals surface area contributed by atoms with Gasteiger partial charge >= 0.3 is 0 Å². The van der Waals surface area contributed by atoms with Crippen LogP contribution in [-0.4, -0.2) is 23.9 Å². The summed E-state index contributed by atoms with van der Waals surface area (Å²) in [7, 11) is 0. The van der Waals surface area contributed by atoms with Crippen LogP contribution in [0.15, 0.2) is 79.9 Å². The Morgan fingerprint density at radius 3 is 2.07 bits per heavy atom. The van der Waals surface area contributed by atoms with Gasteiger partial charge in [0.05, 0.1) is 0 Å². The van der Waals surface area contributed by atoms with Crippen LogP contribution < -0.4 is 0 Å². The second-order valence-corrected chi connectivity index (χ2v) is 7.21. The third-order valence-electron chi connectivity index (χ3n) is 3.85. The third-order valence-corrected chi connectivity index (χ3v) is 4.65. The van der Waals surface area contributed by atoms with E-state index in [0.717, 1.165) is 16.7 Å². The lowest BCUT2D eigenvalue weighted by atomic mass is 10.0. The number of hydrogen-bond donors (Lipinski definition) is 0. The Balaban J connectivity index is 2.43. The second kappa shape index (κ2) is 10.9. The van der Waals surface area contributed by atoms with E-state index in [9.17, 15) is 4.79 Å².